The Morgan fingerprint density at radius 2 is 1.36 bits per heavy atom. The Morgan fingerprint density at radius 3 is 1.36 bits per heavy atom. The molecule has 0 fully saturated rings. The van der Waals surface area contributed by atoms with Crippen LogP contribution in [0, 0.1) is 0 Å². The van der Waals surface area contributed by atoms with E-state index in [1.54, 1.807) is 0 Å². The molecule has 0 aliphatic rings. The molecule has 11 heavy (non-hydrogen) atoms. The highest BCUT2D eigenvalue weighted by atomic mass is 19.3. The third kappa shape index (κ3) is 77.4. The number of ether oxygens (including phenoxy) is 1. The molecule has 0 heterocycles. The topological polar surface area (TPSA) is 9.23 Å². The molecular weight excluding hydrogens is 157 g/mol. The molecule has 0 aromatic heterocycles. The number of hydrogen-bond donors (Lipinski definition) is 0. The Bertz CT molecular complexity index is 52.1. The molecule has 74 valence electrons. The fourth-order valence-electron chi connectivity index (χ4n) is 0. The molecule has 0 radical (unpaired) electrons. The van der Waals surface area contributed by atoms with Gasteiger partial charge >= 0.3 is 6.11 Å². The molecular formula is C7H19F3O. The van der Waals surface area contributed by atoms with E-state index in [4.69, 9.17) is 0 Å². The van der Waals surface area contributed by atoms with Crippen LogP contribution in [0.25, 0.3) is 0 Å². The molecule has 0 spiro atoms. The van der Waals surface area contributed by atoms with Crippen LogP contribution in [0.2, 0.25) is 0 Å². The first kappa shape index (κ1) is 22.4. The average Bonchev–Trinajstić information content (AvgIpc) is 1.67. The van der Waals surface area contributed by atoms with Gasteiger partial charge in [-0.05, 0) is 6.92 Å². The molecule has 0 saturated carbocycles. The van der Waals surface area contributed by atoms with Crippen LogP contribution in [0.15, 0.2) is 0 Å². The van der Waals surface area contributed by atoms with Crippen molar-refractivity contribution in [1.29, 1.82) is 0 Å². The Labute approximate surface area is 67.6 Å². The number of hydrogen-bond acceptors (Lipinski definition) is 1. The van der Waals surface area contributed by atoms with Gasteiger partial charge in [0.05, 0.1) is 6.67 Å². The quantitative estimate of drug-likeness (QED) is 0.594. The van der Waals surface area contributed by atoms with E-state index in [0.29, 0.717) is 6.92 Å². The predicted octanol–water partition coefficient (Wildman–Crippen LogP) is 3.49. The van der Waals surface area contributed by atoms with Crippen molar-refractivity contribution < 1.29 is 17.9 Å². The molecule has 0 unspecified atom stereocenters. The fraction of sp³-hybridized carbons (Fsp3) is 1.00. The van der Waals surface area contributed by atoms with Crippen molar-refractivity contribution in [2.24, 2.45) is 0 Å². The van der Waals surface area contributed by atoms with Gasteiger partial charge in [0.25, 0.3) is 0 Å². The molecule has 0 N–H and O–H groups in total. The first-order chi connectivity index (χ1) is 3.97. The van der Waals surface area contributed by atoms with Gasteiger partial charge in [-0.15, -0.1) is 0 Å². The average molecular weight is 176 g/mol. The molecule has 0 amide bonds. The summed E-state index contributed by atoms with van der Waals surface area (Å²) in [6, 6.07) is 0. The second-order valence-electron chi connectivity index (χ2n) is 1.28. The summed E-state index contributed by atoms with van der Waals surface area (Å²) in [5.41, 5.74) is 0. The number of halogens is 3. The summed E-state index contributed by atoms with van der Waals surface area (Å²) in [6.45, 7) is 1.90. The lowest BCUT2D eigenvalue weighted by molar-refractivity contribution is -0.205. The Morgan fingerprint density at radius 1 is 1.27 bits per heavy atom. The zero-order chi connectivity index (χ0) is 7.91. The monoisotopic (exact) mass is 176 g/mol. The molecule has 0 bridgehead atoms. The maximum absolute atomic E-state index is 11.2. The van der Waals surface area contributed by atoms with Crippen LogP contribution in [-0.2, 0) is 4.74 Å². The van der Waals surface area contributed by atoms with E-state index in [1.165, 1.54) is 6.92 Å². The minimum atomic E-state index is -2.96. The Hall–Kier alpha value is -0.250. The van der Waals surface area contributed by atoms with Gasteiger partial charge in [-0.25, -0.2) is 0 Å². The van der Waals surface area contributed by atoms with Crippen LogP contribution in [0.3, 0.4) is 0 Å². The van der Waals surface area contributed by atoms with Crippen LogP contribution in [0.1, 0.15) is 28.7 Å². The van der Waals surface area contributed by atoms with Crippen molar-refractivity contribution in [3.05, 3.63) is 0 Å². The van der Waals surface area contributed by atoms with Gasteiger partial charge < -0.3 is 4.74 Å². The van der Waals surface area contributed by atoms with Crippen molar-refractivity contribution in [1.82, 2.24) is 0 Å². The predicted molar refractivity (Wildman–Crippen MR) is 42.7 cm³/mol. The van der Waals surface area contributed by atoms with Gasteiger partial charge in [0.2, 0.25) is 0 Å². The van der Waals surface area contributed by atoms with Crippen molar-refractivity contribution in [2.75, 3.05) is 13.8 Å². The second kappa shape index (κ2) is 12.4. The van der Waals surface area contributed by atoms with E-state index in [9.17, 15) is 13.2 Å². The molecule has 0 atom stereocenters. The number of methoxy groups -OCH3 is 1. The van der Waals surface area contributed by atoms with E-state index in [2.05, 4.69) is 4.74 Å². The molecule has 0 aliphatic carbocycles. The summed E-state index contributed by atoms with van der Waals surface area (Å²) in [5, 5.41) is 0. The van der Waals surface area contributed by atoms with Crippen molar-refractivity contribution in [3.8, 4) is 0 Å². The van der Waals surface area contributed by atoms with Crippen LogP contribution in [0.4, 0.5) is 13.2 Å². The minimum absolute atomic E-state index is 0. The highest BCUT2D eigenvalue weighted by Gasteiger charge is 2.17. The molecule has 0 aliphatic heterocycles. The molecule has 0 rings (SSSR count). The Balaban J connectivity index is -0.0000000437. The highest BCUT2D eigenvalue weighted by molar-refractivity contribution is 4.30. The van der Waals surface area contributed by atoms with Crippen LogP contribution in [-0.4, -0.2) is 19.9 Å². The third-order valence-corrected chi connectivity index (χ3v) is 0.358. The van der Waals surface area contributed by atoms with Gasteiger partial charge in [0, 0.05) is 14.0 Å². The van der Waals surface area contributed by atoms with Crippen molar-refractivity contribution >= 4 is 0 Å². The fourth-order valence-corrected chi connectivity index (χ4v) is 0. The van der Waals surface area contributed by atoms with Crippen LogP contribution in [0.5, 0.6) is 0 Å². The second-order valence-corrected chi connectivity index (χ2v) is 1.28. The van der Waals surface area contributed by atoms with Gasteiger partial charge in [-0.1, -0.05) is 14.9 Å². The van der Waals surface area contributed by atoms with Crippen LogP contribution >= 0.6 is 0 Å². The van der Waals surface area contributed by atoms with Gasteiger partial charge in [-0.3, -0.25) is 4.39 Å². The summed E-state index contributed by atoms with van der Waals surface area (Å²) >= 11 is 0. The minimum Gasteiger partial charge on any atom is -0.324 e. The maximum Gasteiger partial charge on any atom is 0.352 e. The highest BCUT2D eigenvalue weighted by Crippen LogP contribution is 2.09. The number of rotatable bonds is 1. The normalized spacial score (nSPS) is 8.18. The van der Waals surface area contributed by atoms with E-state index in [1.807, 2.05) is 0 Å². The zero-order valence-electron chi connectivity index (χ0n) is 5.75. The molecule has 0 aromatic rings. The number of alkyl halides is 3. The maximum atomic E-state index is 11.2. The summed E-state index contributed by atoms with van der Waals surface area (Å²) in [4.78, 5) is 0. The van der Waals surface area contributed by atoms with E-state index in [-0.39, 0.29) is 21.5 Å². The lowest BCUT2D eigenvalue weighted by Gasteiger charge is -2.03. The van der Waals surface area contributed by atoms with Gasteiger partial charge in [-0.2, -0.15) is 8.78 Å². The summed E-state index contributed by atoms with van der Waals surface area (Å²) in [5.74, 6) is 0. The molecule has 0 aromatic carbocycles. The summed E-state index contributed by atoms with van der Waals surface area (Å²) < 4.78 is 36.4. The smallest absolute Gasteiger partial charge is 0.324 e. The van der Waals surface area contributed by atoms with Crippen LogP contribution < -0.4 is 0 Å². The standard InChI is InChI=1S/C3H6F2O.C2H5F.2CH4/c1-3(4,5)6-2;1-2-3;;/h1-2H3;2H2,1H3;2*1H4. The molecule has 4 heteroatoms. The Kier molecular flexibility index (Phi) is 25.3. The van der Waals surface area contributed by atoms with Crippen molar-refractivity contribution in [2.45, 2.75) is 34.8 Å². The first-order valence-corrected chi connectivity index (χ1v) is 2.46. The van der Waals surface area contributed by atoms with E-state index < -0.39 is 6.11 Å². The summed E-state index contributed by atoms with van der Waals surface area (Å²) in [7, 11) is 0.958. The largest absolute Gasteiger partial charge is 0.352 e. The summed E-state index contributed by atoms with van der Waals surface area (Å²) in [6.07, 6.45) is -2.96. The zero-order valence-corrected chi connectivity index (χ0v) is 5.75. The SMILES string of the molecule is C.C.CCF.COC(C)(F)F. The molecule has 1 nitrogen and oxygen atoms in total. The van der Waals surface area contributed by atoms with Crippen molar-refractivity contribution in [3.63, 3.8) is 0 Å². The first-order valence-electron chi connectivity index (χ1n) is 2.46. The lowest BCUT2D eigenvalue weighted by atomic mass is 10.8. The van der Waals surface area contributed by atoms with Gasteiger partial charge in [0.1, 0.15) is 0 Å². The van der Waals surface area contributed by atoms with E-state index >= 15 is 0 Å². The van der Waals surface area contributed by atoms with E-state index in [0.717, 1.165) is 7.11 Å². The lowest BCUT2D eigenvalue weighted by Crippen LogP contribution is -2.10. The molecule has 0 saturated heterocycles. The third-order valence-electron chi connectivity index (χ3n) is 0.358. The van der Waals surface area contributed by atoms with Gasteiger partial charge in [0.15, 0.2) is 0 Å².